The molecule has 0 aliphatic carbocycles. The molecule has 1 unspecified atom stereocenters. The van der Waals surface area contributed by atoms with Crippen LogP contribution in [0, 0.1) is 0 Å². The number of anilines is 2. The largest absolute Gasteiger partial charge is 0.384 e. The van der Waals surface area contributed by atoms with Crippen LogP contribution in [0.2, 0.25) is 0 Å². The number of carbonyl (C=O) groups is 1. The average Bonchev–Trinajstić information content (AvgIpc) is 2.39. The van der Waals surface area contributed by atoms with Gasteiger partial charge in [0.25, 0.3) is 0 Å². The minimum atomic E-state index is -0.335. The summed E-state index contributed by atoms with van der Waals surface area (Å²) >= 11 is 0. The Kier molecular flexibility index (Phi) is 6.21. The summed E-state index contributed by atoms with van der Waals surface area (Å²) in [5.41, 5.74) is 5.77. The first-order valence-corrected chi connectivity index (χ1v) is 7.20. The van der Waals surface area contributed by atoms with Gasteiger partial charge in [0.05, 0.1) is 0 Å². The number of hydrogen-bond acceptors (Lipinski definition) is 5. The Balaban J connectivity index is 2.79. The highest BCUT2D eigenvalue weighted by atomic mass is 16.2. The van der Waals surface area contributed by atoms with Gasteiger partial charge in [-0.15, -0.1) is 0 Å². The van der Waals surface area contributed by atoms with Crippen molar-refractivity contribution in [3.8, 4) is 0 Å². The highest BCUT2D eigenvalue weighted by Crippen LogP contribution is 2.11. The van der Waals surface area contributed by atoms with Crippen molar-refractivity contribution in [1.29, 1.82) is 0 Å². The second kappa shape index (κ2) is 7.67. The summed E-state index contributed by atoms with van der Waals surface area (Å²) in [6.07, 6.45) is 1.73. The van der Waals surface area contributed by atoms with Crippen LogP contribution in [0.1, 0.15) is 39.9 Å². The molecule has 6 heteroatoms. The number of hydrogen-bond donors (Lipinski definition) is 2. The molecule has 0 saturated heterocycles. The van der Waals surface area contributed by atoms with Crippen LogP contribution >= 0.6 is 0 Å². The van der Waals surface area contributed by atoms with E-state index in [1.54, 1.807) is 11.0 Å². The van der Waals surface area contributed by atoms with Gasteiger partial charge in [-0.2, -0.15) is 0 Å². The highest BCUT2D eigenvalue weighted by molar-refractivity contribution is 5.84. The van der Waals surface area contributed by atoms with Gasteiger partial charge in [0.1, 0.15) is 23.5 Å². The minimum absolute atomic E-state index is 0.0595. The molecule has 0 saturated carbocycles. The average molecular weight is 279 g/mol. The first-order valence-electron chi connectivity index (χ1n) is 7.20. The lowest BCUT2D eigenvalue weighted by Gasteiger charge is -2.23. The zero-order valence-corrected chi connectivity index (χ0v) is 12.8. The second-order valence-electron chi connectivity index (χ2n) is 4.72. The van der Waals surface area contributed by atoms with Crippen molar-refractivity contribution < 1.29 is 4.79 Å². The van der Waals surface area contributed by atoms with E-state index >= 15 is 0 Å². The van der Waals surface area contributed by atoms with Crippen LogP contribution in [-0.2, 0) is 11.2 Å². The molecule has 3 N–H and O–H groups in total. The maximum Gasteiger partial charge on any atom is 0.244 e. The maximum atomic E-state index is 12.2. The van der Waals surface area contributed by atoms with Gasteiger partial charge in [-0.05, 0) is 27.2 Å². The fourth-order valence-corrected chi connectivity index (χ4v) is 2.02. The topological polar surface area (TPSA) is 84.1 Å². The van der Waals surface area contributed by atoms with E-state index in [0.29, 0.717) is 30.5 Å². The molecule has 0 spiro atoms. The lowest BCUT2D eigenvalue weighted by molar-refractivity contribution is -0.131. The zero-order chi connectivity index (χ0) is 15.1. The summed E-state index contributed by atoms with van der Waals surface area (Å²) in [5, 5.41) is 3.11. The summed E-state index contributed by atoms with van der Waals surface area (Å²) in [7, 11) is 0. The monoisotopic (exact) mass is 279 g/mol. The predicted octanol–water partition coefficient (Wildman–Crippen LogP) is 1.68. The smallest absolute Gasteiger partial charge is 0.244 e. The fraction of sp³-hybridized carbons (Fsp3) is 0.643. The molecular formula is C14H25N5O. The SMILES string of the molecule is CCCc1nc(N)cc(NC(C)C(=O)N(CC)CC)n1. The molecule has 1 aromatic heterocycles. The molecule has 20 heavy (non-hydrogen) atoms. The molecule has 1 atom stereocenters. The molecule has 0 bridgehead atoms. The third kappa shape index (κ3) is 4.36. The van der Waals surface area contributed by atoms with Gasteiger partial charge in [0.2, 0.25) is 5.91 Å². The Morgan fingerprint density at radius 3 is 2.55 bits per heavy atom. The molecule has 0 aromatic carbocycles. The molecular weight excluding hydrogens is 254 g/mol. The summed E-state index contributed by atoms with van der Waals surface area (Å²) in [6.45, 7) is 9.24. The minimum Gasteiger partial charge on any atom is -0.384 e. The molecule has 0 radical (unpaired) electrons. The number of aromatic nitrogens is 2. The molecule has 1 amide bonds. The molecule has 0 aliphatic heterocycles. The second-order valence-corrected chi connectivity index (χ2v) is 4.72. The number of amides is 1. The Morgan fingerprint density at radius 1 is 1.35 bits per heavy atom. The number of likely N-dealkylation sites (N-methyl/N-ethyl adjacent to an activating group) is 1. The molecule has 1 rings (SSSR count). The quantitative estimate of drug-likeness (QED) is 0.793. The van der Waals surface area contributed by atoms with Gasteiger partial charge in [0, 0.05) is 25.6 Å². The fourth-order valence-electron chi connectivity index (χ4n) is 2.02. The summed E-state index contributed by atoms with van der Waals surface area (Å²) in [6, 6.07) is 1.32. The number of aryl methyl sites for hydroxylation is 1. The Morgan fingerprint density at radius 2 is 2.00 bits per heavy atom. The number of nitrogens with one attached hydrogen (secondary N) is 1. The Hall–Kier alpha value is -1.85. The number of nitrogens with two attached hydrogens (primary N) is 1. The molecule has 0 aliphatic rings. The Bertz CT molecular complexity index is 445. The van der Waals surface area contributed by atoms with Gasteiger partial charge in [-0.3, -0.25) is 4.79 Å². The predicted molar refractivity (Wildman–Crippen MR) is 81.5 cm³/mol. The molecule has 0 fully saturated rings. The Labute approximate surface area is 120 Å². The van der Waals surface area contributed by atoms with Crippen molar-refractivity contribution in [3.63, 3.8) is 0 Å². The van der Waals surface area contributed by atoms with Crippen LogP contribution < -0.4 is 11.1 Å². The van der Waals surface area contributed by atoms with Crippen molar-refractivity contribution in [2.24, 2.45) is 0 Å². The van der Waals surface area contributed by atoms with Crippen molar-refractivity contribution in [2.45, 2.75) is 46.6 Å². The molecule has 112 valence electrons. The van der Waals surface area contributed by atoms with E-state index in [2.05, 4.69) is 22.2 Å². The standard InChI is InChI=1S/C14H25N5O/c1-5-8-12-17-11(15)9-13(18-12)16-10(4)14(20)19(6-2)7-3/h9-10H,5-8H2,1-4H3,(H3,15,16,17,18). The van der Waals surface area contributed by atoms with E-state index in [4.69, 9.17) is 5.73 Å². The van der Waals surface area contributed by atoms with Gasteiger partial charge >= 0.3 is 0 Å². The third-order valence-corrected chi connectivity index (χ3v) is 3.08. The molecule has 1 aromatic rings. The van der Waals surface area contributed by atoms with E-state index in [0.717, 1.165) is 12.8 Å². The maximum absolute atomic E-state index is 12.2. The van der Waals surface area contributed by atoms with Crippen molar-refractivity contribution in [2.75, 3.05) is 24.1 Å². The number of nitrogens with zero attached hydrogens (tertiary/aromatic N) is 3. The van der Waals surface area contributed by atoms with Crippen LogP contribution in [0.5, 0.6) is 0 Å². The van der Waals surface area contributed by atoms with Gasteiger partial charge in [-0.25, -0.2) is 9.97 Å². The lowest BCUT2D eigenvalue weighted by Crippen LogP contribution is -2.41. The number of carbonyl (C=O) groups excluding carboxylic acids is 1. The summed E-state index contributed by atoms with van der Waals surface area (Å²) in [4.78, 5) is 22.5. The first kappa shape index (κ1) is 16.2. The van der Waals surface area contributed by atoms with E-state index in [9.17, 15) is 4.79 Å². The third-order valence-electron chi connectivity index (χ3n) is 3.08. The summed E-state index contributed by atoms with van der Waals surface area (Å²) < 4.78 is 0. The number of rotatable bonds is 7. The lowest BCUT2D eigenvalue weighted by atomic mass is 10.2. The summed E-state index contributed by atoms with van der Waals surface area (Å²) in [5.74, 6) is 1.80. The molecule has 6 nitrogen and oxygen atoms in total. The van der Waals surface area contributed by atoms with Crippen LogP contribution in [0.3, 0.4) is 0 Å². The van der Waals surface area contributed by atoms with Crippen molar-refractivity contribution in [1.82, 2.24) is 14.9 Å². The number of nitrogen functional groups attached to an aromatic ring is 1. The van der Waals surface area contributed by atoms with Crippen LogP contribution in [0.25, 0.3) is 0 Å². The van der Waals surface area contributed by atoms with E-state index < -0.39 is 0 Å². The van der Waals surface area contributed by atoms with Crippen LogP contribution in [-0.4, -0.2) is 39.9 Å². The van der Waals surface area contributed by atoms with Crippen molar-refractivity contribution in [3.05, 3.63) is 11.9 Å². The van der Waals surface area contributed by atoms with E-state index in [1.165, 1.54) is 0 Å². The van der Waals surface area contributed by atoms with E-state index in [1.807, 2.05) is 20.8 Å². The van der Waals surface area contributed by atoms with Gasteiger partial charge < -0.3 is 16.0 Å². The normalized spacial score (nSPS) is 12.0. The van der Waals surface area contributed by atoms with E-state index in [-0.39, 0.29) is 11.9 Å². The zero-order valence-electron chi connectivity index (χ0n) is 12.8. The highest BCUT2D eigenvalue weighted by Gasteiger charge is 2.18. The van der Waals surface area contributed by atoms with Gasteiger partial charge in [0.15, 0.2) is 0 Å². The van der Waals surface area contributed by atoms with Crippen LogP contribution in [0.15, 0.2) is 6.07 Å². The first-order chi connectivity index (χ1) is 9.51. The van der Waals surface area contributed by atoms with Crippen LogP contribution in [0.4, 0.5) is 11.6 Å². The van der Waals surface area contributed by atoms with Gasteiger partial charge in [-0.1, -0.05) is 6.92 Å². The molecule has 1 heterocycles. The van der Waals surface area contributed by atoms with Crippen molar-refractivity contribution >= 4 is 17.5 Å².